The van der Waals surface area contributed by atoms with Crippen molar-refractivity contribution in [1.82, 2.24) is 4.90 Å². The SMILES string of the molecule is CC1CCCC(C(CN)N2CCC(C(C)(C)C)C2)C1. The lowest BCUT2D eigenvalue weighted by Gasteiger charge is -2.38. The van der Waals surface area contributed by atoms with E-state index >= 15 is 0 Å². The molecule has 19 heavy (non-hydrogen) atoms. The lowest BCUT2D eigenvalue weighted by Crippen LogP contribution is -2.46. The third kappa shape index (κ3) is 3.72. The first-order chi connectivity index (χ1) is 8.91. The van der Waals surface area contributed by atoms with Gasteiger partial charge in [0, 0.05) is 19.1 Å². The number of hydrogen-bond acceptors (Lipinski definition) is 2. The van der Waals surface area contributed by atoms with Crippen molar-refractivity contribution in [1.29, 1.82) is 0 Å². The van der Waals surface area contributed by atoms with E-state index in [1.54, 1.807) is 0 Å². The Morgan fingerprint density at radius 3 is 2.47 bits per heavy atom. The number of nitrogens with two attached hydrogens (primary N) is 1. The van der Waals surface area contributed by atoms with Gasteiger partial charge in [-0.05, 0) is 49.0 Å². The number of likely N-dealkylation sites (tertiary alicyclic amines) is 1. The van der Waals surface area contributed by atoms with Gasteiger partial charge in [-0.25, -0.2) is 0 Å². The van der Waals surface area contributed by atoms with E-state index in [4.69, 9.17) is 5.73 Å². The molecular weight excluding hydrogens is 232 g/mol. The highest BCUT2D eigenvalue weighted by Gasteiger charge is 2.37. The summed E-state index contributed by atoms with van der Waals surface area (Å²) in [6, 6.07) is 0.648. The Balaban J connectivity index is 1.95. The van der Waals surface area contributed by atoms with Gasteiger partial charge >= 0.3 is 0 Å². The Bertz CT molecular complexity index is 281. The molecular formula is C17H34N2. The Hall–Kier alpha value is -0.0800. The van der Waals surface area contributed by atoms with Gasteiger partial charge in [0.2, 0.25) is 0 Å². The van der Waals surface area contributed by atoms with Crippen molar-refractivity contribution in [2.45, 2.75) is 65.8 Å². The highest BCUT2D eigenvalue weighted by molar-refractivity contribution is 4.91. The average Bonchev–Trinajstić information content (AvgIpc) is 2.79. The molecule has 1 aliphatic heterocycles. The molecule has 0 bridgehead atoms. The fourth-order valence-electron chi connectivity index (χ4n) is 4.27. The zero-order valence-corrected chi connectivity index (χ0v) is 13.5. The summed E-state index contributed by atoms with van der Waals surface area (Å²) in [6.45, 7) is 13.0. The first-order valence-electron chi connectivity index (χ1n) is 8.36. The molecule has 1 saturated carbocycles. The van der Waals surface area contributed by atoms with Crippen LogP contribution in [0.4, 0.5) is 0 Å². The Kier molecular flexibility index (Phi) is 4.94. The minimum Gasteiger partial charge on any atom is -0.329 e. The molecule has 0 aromatic rings. The molecule has 2 heteroatoms. The van der Waals surface area contributed by atoms with Gasteiger partial charge in [-0.2, -0.15) is 0 Å². The minimum atomic E-state index is 0.452. The number of nitrogens with zero attached hydrogens (tertiary/aromatic N) is 1. The average molecular weight is 266 g/mol. The van der Waals surface area contributed by atoms with Crippen LogP contribution in [0, 0.1) is 23.2 Å². The number of rotatable bonds is 3. The smallest absolute Gasteiger partial charge is 0.0246 e. The van der Waals surface area contributed by atoms with Crippen LogP contribution in [0.15, 0.2) is 0 Å². The minimum absolute atomic E-state index is 0.452. The monoisotopic (exact) mass is 266 g/mol. The first kappa shape index (κ1) is 15.3. The molecule has 2 nitrogen and oxygen atoms in total. The molecule has 1 heterocycles. The summed E-state index contributed by atoms with van der Waals surface area (Å²) < 4.78 is 0. The molecule has 4 atom stereocenters. The summed E-state index contributed by atoms with van der Waals surface area (Å²) in [5, 5.41) is 0. The molecule has 0 radical (unpaired) electrons. The predicted octanol–water partition coefficient (Wildman–Crippen LogP) is 3.51. The van der Waals surface area contributed by atoms with Gasteiger partial charge in [0.25, 0.3) is 0 Å². The van der Waals surface area contributed by atoms with Crippen molar-refractivity contribution >= 4 is 0 Å². The molecule has 0 aromatic heterocycles. The van der Waals surface area contributed by atoms with Crippen LogP contribution in [0.1, 0.15) is 59.8 Å². The fraction of sp³-hybridized carbons (Fsp3) is 1.00. The number of hydrogen-bond donors (Lipinski definition) is 1. The van der Waals surface area contributed by atoms with E-state index in [2.05, 4.69) is 32.6 Å². The van der Waals surface area contributed by atoms with Crippen molar-refractivity contribution in [2.24, 2.45) is 28.9 Å². The second kappa shape index (κ2) is 6.13. The van der Waals surface area contributed by atoms with E-state index in [0.717, 1.165) is 24.3 Å². The third-order valence-electron chi connectivity index (χ3n) is 5.68. The van der Waals surface area contributed by atoms with Crippen LogP contribution in [-0.4, -0.2) is 30.6 Å². The maximum absolute atomic E-state index is 6.14. The fourth-order valence-corrected chi connectivity index (χ4v) is 4.27. The van der Waals surface area contributed by atoms with E-state index in [0.29, 0.717) is 11.5 Å². The van der Waals surface area contributed by atoms with Crippen LogP contribution in [0.3, 0.4) is 0 Å². The molecule has 2 N–H and O–H groups in total. The molecule has 4 unspecified atom stereocenters. The summed E-state index contributed by atoms with van der Waals surface area (Å²) in [5.74, 6) is 2.61. The van der Waals surface area contributed by atoms with Gasteiger partial charge in [-0.3, -0.25) is 4.90 Å². The molecule has 112 valence electrons. The van der Waals surface area contributed by atoms with Gasteiger partial charge in [0.1, 0.15) is 0 Å². The molecule has 0 aromatic carbocycles. The Morgan fingerprint density at radius 1 is 1.21 bits per heavy atom. The quantitative estimate of drug-likeness (QED) is 0.847. The summed E-state index contributed by atoms with van der Waals surface area (Å²) in [5.41, 5.74) is 6.59. The van der Waals surface area contributed by atoms with E-state index in [1.165, 1.54) is 45.2 Å². The van der Waals surface area contributed by atoms with Gasteiger partial charge in [0.15, 0.2) is 0 Å². The summed E-state index contributed by atoms with van der Waals surface area (Å²) in [6.07, 6.45) is 7.01. The zero-order valence-electron chi connectivity index (χ0n) is 13.5. The van der Waals surface area contributed by atoms with Crippen LogP contribution in [0.5, 0.6) is 0 Å². The maximum Gasteiger partial charge on any atom is 0.0246 e. The standard InChI is InChI=1S/C17H34N2/c1-13-6-5-7-14(10-13)16(11-18)19-9-8-15(12-19)17(2,3)4/h13-16H,5-12,18H2,1-4H3. The normalized spacial score (nSPS) is 35.5. The van der Waals surface area contributed by atoms with Crippen molar-refractivity contribution < 1.29 is 0 Å². The van der Waals surface area contributed by atoms with Crippen LogP contribution in [-0.2, 0) is 0 Å². The molecule has 2 aliphatic rings. The van der Waals surface area contributed by atoms with Crippen molar-refractivity contribution in [3.63, 3.8) is 0 Å². The van der Waals surface area contributed by atoms with Gasteiger partial charge < -0.3 is 5.73 Å². The summed E-state index contributed by atoms with van der Waals surface area (Å²) >= 11 is 0. The molecule has 1 aliphatic carbocycles. The van der Waals surface area contributed by atoms with E-state index in [-0.39, 0.29) is 0 Å². The second-order valence-corrected chi connectivity index (χ2v) is 8.18. The highest BCUT2D eigenvalue weighted by atomic mass is 15.2. The van der Waals surface area contributed by atoms with E-state index in [1.807, 2.05) is 0 Å². The van der Waals surface area contributed by atoms with E-state index < -0.39 is 0 Å². The lowest BCUT2D eigenvalue weighted by molar-refractivity contribution is 0.117. The summed E-state index contributed by atoms with van der Waals surface area (Å²) in [4.78, 5) is 2.72. The van der Waals surface area contributed by atoms with Gasteiger partial charge in [0.05, 0.1) is 0 Å². The van der Waals surface area contributed by atoms with Crippen LogP contribution in [0.25, 0.3) is 0 Å². The van der Waals surface area contributed by atoms with Gasteiger partial charge in [-0.1, -0.05) is 40.5 Å². The highest BCUT2D eigenvalue weighted by Crippen LogP contribution is 2.38. The molecule has 0 amide bonds. The largest absolute Gasteiger partial charge is 0.329 e. The Morgan fingerprint density at radius 2 is 1.95 bits per heavy atom. The van der Waals surface area contributed by atoms with Crippen molar-refractivity contribution in [2.75, 3.05) is 19.6 Å². The Labute approximate surface area is 120 Å². The second-order valence-electron chi connectivity index (χ2n) is 8.18. The van der Waals surface area contributed by atoms with Crippen molar-refractivity contribution in [3.8, 4) is 0 Å². The topological polar surface area (TPSA) is 29.3 Å². The first-order valence-corrected chi connectivity index (χ1v) is 8.36. The van der Waals surface area contributed by atoms with Crippen LogP contribution >= 0.6 is 0 Å². The third-order valence-corrected chi connectivity index (χ3v) is 5.68. The van der Waals surface area contributed by atoms with Gasteiger partial charge in [-0.15, -0.1) is 0 Å². The van der Waals surface area contributed by atoms with Crippen molar-refractivity contribution in [3.05, 3.63) is 0 Å². The predicted molar refractivity (Wildman–Crippen MR) is 83.1 cm³/mol. The maximum atomic E-state index is 6.14. The molecule has 2 rings (SSSR count). The zero-order chi connectivity index (χ0) is 14.0. The molecule has 1 saturated heterocycles. The van der Waals surface area contributed by atoms with Crippen LogP contribution in [0.2, 0.25) is 0 Å². The van der Waals surface area contributed by atoms with E-state index in [9.17, 15) is 0 Å². The molecule has 2 fully saturated rings. The molecule has 0 spiro atoms. The van der Waals surface area contributed by atoms with Crippen LogP contribution < -0.4 is 5.73 Å². The summed E-state index contributed by atoms with van der Waals surface area (Å²) in [7, 11) is 0. The lowest BCUT2D eigenvalue weighted by atomic mass is 9.78.